The number of carbonyl (C=O) groups is 2. The van der Waals surface area contributed by atoms with E-state index in [1.165, 1.54) is 0 Å². The maximum absolute atomic E-state index is 13.3. The van der Waals surface area contributed by atoms with Crippen LogP contribution < -0.4 is 4.74 Å². The zero-order valence-electron chi connectivity index (χ0n) is 17.3. The van der Waals surface area contributed by atoms with Gasteiger partial charge in [0.15, 0.2) is 0 Å². The number of benzene rings is 3. The molecule has 0 aliphatic carbocycles. The Kier molecular flexibility index (Phi) is 7.68. The standard InChI is InChI=1S/C25H24ClNO4/c1-18-9-11-21(12-10-18)31-23-8-3-2-7-22(23)25(30)27(16-14-24(28)29)15-13-19-5-4-6-20(26)17-19/h2-12,17H,13-16H2,1H3,(H,28,29). The quantitative estimate of drug-likeness (QED) is 0.473. The highest BCUT2D eigenvalue weighted by atomic mass is 35.5. The summed E-state index contributed by atoms with van der Waals surface area (Å²) >= 11 is 6.05. The molecule has 0 aliphatic heterocycles. The van der Waals surface area contributed by atoms with Gasteiger partial charge in [-0.05, 0) is 55.3 Å². The summed E-state index contributed by atoms with van der Waals surface area (Å²) in [5, 5.41) is 9.75. The van der Waals surface area contributed by atoms with E-state index in [2.05, 4.69) is 0 Å². The van der Waals surface area contributed by atoms with E-state index in [-0.39, 0.29) is 18.9 Å². The molecule has 0 aliphatic rings. The fraction of sp³-hybridized carbons (Fsp3) is 0.200. The van der Waals surface area contributed by atoms with E-state index in [1.807, 2.05) is 49.4 Å². The Morgan fingerprint density at radius 1 is 0.968 bits per heavy atom. The molecule has 160 valence electrons. The molecule has 0 spiro atoms. The summed E-state index contributed by atoms with van der Waals surface area (Å²) in [5.41, 5.74) is 2.47. The number of nitrogens with zero attached hydrogens (tertiary/aromatic N) is 1. The number of halogens is 1. The van der Waals surface area contributed by atoms with Crippen molar-refractivity contribution in [1.29, 1.82) is 0 Å². The number of aliphatic carboxylic acids is 1. The van der Waals surface area contributed by atoms with E-state index >= 15 is 0 Å². The first-order valence-electron chi connectivity index (χ1n) is 10.0. The lowest BCUT2D eigenvalue weighted by Gasteiger charge is -2.23. The van der Waals surface area contributed by atoms with Crippen molar-refractivity contribution >= 4 is 23.5 Å². The van der Waals surface area contributed by atoms with Crippen LogP contribution in [0.15, 0.2) is 72.8 Å². The monoisotopic (exact) mass is 437 g/mol. The zero-order valence-corrected chi connectivity index (χ0v) is 18.0. The minimum Gasteiger partial charge on any atom is -0.481 e. The number of carboxylic acids is 1. The molecular formula is C25H24ClNO4. The summed E-state index contributed by atoms with van der Waals surface area (Å²) in [7, 11) is 0. The molecule has 1 amide bonds. The second-order valence-corrected chi connectivity index (χ2v) is 7.66. The summed E-state index contributed by atoms with van der Waals surface area (Å²) in [6, 6.07) is 22.0. The van der Waals surface area contributed by atoms with Gasteiger partial charge in [-0.3, -0.25) is 9.59 Å². The predicted octanol–water partition coefficient (Wildman–Crippen LogP) is 5.60. The molecule has 0 saturated heterocycles. The molecule has 0 bridgehead atoms. The summed E-state index contributed by atoms with van der Waals surface area (Å²) in [6.07, 6.45) is 0.426. The van der Waals surface area contributed by atoms with Gasteiger partial charge in [0.05, 0.1) is 12.0 Å². The van der Waals surface area contributed by atoms with Crippen molar-refractivity contribution in [2.45, 2.75) is 19.8 Å². The number of hydrogen-bond donors (Lipinski definition) is 1. The molecule has 31 heavy (non-hydrogen) atoms. The summed E-state index contributed by atoms with van der Waals surface area (Å²) in [5.74, 6) is -0.169. The van der Waals surface area contributed by atoms with Gasteiger partial charge in [0.2, 0.25) is 0 Å². The average Bonchev–Trinajstić information content (AvgIpc) is 2.75. The Morgan fingerprint density at radius 3 is 2.42 bits per heavy atom. The van der Waals surface area contributed by atoms with Gasteiger partial charge in [0.25, 0.3) is 5.91 Å². The van der Waals surface area contributed by atoms with Crippen LogP contribution in [0.1, 0.15) is 27.9 Å². The highest BCUT2D eigenvalue weighted by Gasteiger charge is 2.21. The fourth-order valence-corrected chi connectivity index (χ4v) is 3.35. The molecule has 5 nitrogen and oxygen atoms in total. The van der Waals surface area contributed by atoms with Gasteiger partial charge < -0.3 is 14.7 Å². The van der Waals surface area contributed by atoms with Crippen LogP contribution in [0.2, 0.25) is 5.02 Å². The third-order valence-corrected chi connectivity index (χ3v) is 5.04. The highest BCUT2D eigenvalue weighted by molar-refractivity contribution is 6.30. The van der Waals surface area contributed by atoms with Gasteiger partial charge in [-0.15, -0.1) is 0 Å². The van der Waals surface area contributed by atoms with Crippen LogP contribution in [0.25, 0.3) is 0 Å². The van der Waals surface area contributed by atoms with Crippen LogP contribution in [0.5, 0.6) is 11.5 Å². The average molecular weight is 438 g/mol. The van der Waals surface area contributed by atoms with Gasteiger partial charge in [-0.1, -0.05) is 53.6 Å². The molecule has 0 radical (unpaired) electrons. The van der Waals surface area contributed by atoms with Crippen LogP contribution in [0, 0.1) is 6.92 Å². The van der Waals surface area contributed by atoms with E-state index in [1.54, 1.807) is 35.2 Å². The van der Waals surface area contributed by atoms with Crippen LogP contribution >= 0.6 is 11.6 Å². The number of ether oxygens (including phenoxy) is 1. The molecular weight excluding hydrogens is 414 g/mol. The second-order valence-electron chi connectivity index (χ2n) is 7.23. The van der Waals surface area contributed by atoms with E-state index in [4.69, 9.17) is 21.4 Å². The van der Waals surface area contributed by atoms with Crippen LogP contribution in [-0.2, 0) is 11.2 Å². The molecule has 0 saturated carbocycles. The van der Waals surface area contributed by atoms with Crippen molar-refractivity contribution in [1.82, 2.24) is 4.90 Å². The first kappa shape index (κ1) is 22.4. The highest BCUT2D eigenvalue weighted by Crippen LogP contribution is 2.27. The minimum absolute atomic E-state index is 0.105. The molecule has 0 atom stereocenters. The number of para-hydroxylation sites is 1. The molecule has 6 heteroatoms. The first-order valence-corrected chi connectivity index (χ1v) is 10.4. The smallest absolute Gasteiger partial charge is 0.305 e. The molecule has 0 unspecified atom stereocenters. The summed E-state index contributed by atoms with van der Waals surface area (Å²) in [4.78, 5) is 26.0. The predicted molar refractivity (Wildman–Crippen MR) is 121 cm³/mol. The first-order chi connectivity index (χ1) is 14.9. The van der Waals surface area contributed by atoms with E-state index in [0.29, 0.717) is 35.1 Å². The van der Waals surface area contributed by atoms with Crippen LogP contribution in [0.3, 0.4) is 0 Å². The SMILES string of the molecule is Cc1ccc(Oc2ccccc2C(=O)N(CCC(=O)O)CCc2cccc(Cl)c2)cc1. The molecule has 3 aromatic carbocycles. The number of rotatable bonds is 9. The Morgan fingerprint density at radius 2 is 1.71 bits per heavy atom. The van der Waals surface area contributed by atoms with Gasteiger partial charge in [-0.25, -0.2) is 0 Å². The van der Waals surface area contributed by atoms with Crippen LogP contribution in [-0.4, -0.2) is 35.0 Å². The van der Waals surface area contributed by atoms with Crippen molar-refractivity contribution < 1.29 is 19.4 Å². The topological polar surface area (TPSA) is 66.8 Å². The maximum Gasteiger partial charge on any atom is 0.305 e. The Hall–Kier alpha value is -3.31. The van der Waals surface area contributed by atoms with Crippen molar-refractivity contribution in [2.24, 2.45) is 0 Å². The zero-order chi connectivity index (χ0) is 22.2. The molecule has 0 fully saturated rings. The Labute approximate surface area is 186 Å². The van der Waals surface area contributed by atoms with E-state index in [0.717, 1.165) is 11.1 Å². The fourth-order valence-electron chi connectivity index (χ4n) is 3.14. The normalized spacial score (nSPS) is 10.5. The number of carbonyl (C=O) groups excluding carboxylic acids is 1. The number of hydrogen-bond acceptors (Lipinski definition) is 3. The Balaban J connectivity index is 1.81. The van der Waals surface area contributed by atoms with Gasteiger partial charge >= 0.3 is 5.97 Å². The largest absolute Gasteiger partial charge is 0.481 e. The third-order valence-electron chi connectivity index (χ3n) is 4.81. The lowest BCUT2D eigenvalue weighted by molar-refractivity contribution is -0.137. The van der Waals surface area contributed by atoms with Crippen molar-refractivity contribution in [3.8, 4) is 11.5 Å². The second kappa shape index (κ2) is 10.6. The van der Waals surface area contributed by atoms with Crippen LogP contribution in [0.4, 0.5) is 0 Å². The lowest BCUT2D eigenvalue weighted by atomic mass is 10.1. The number of amides is 1. The number of carboxylic acid groups (broad SMARTS) is 1. The van der Waals surface area contributed by atoms with E-state index < -0.39 is 5.97 Å². The van der Waals surface area contributed by atoms with Crippen molar-refractivity contribution in [2.75, 3.05) is 13.1 Å². The molecule has 3 rings (SSSR count). The maximum atomic E-state index is 13.3. The van der Waals surface area contributed by atoms with Gasteiger partial charge in [0.1, 0.15) is 11.5 Å². The minimum atomic E-state index is -0.954. The molecule has 3 aromatic rings. The lowest BCUT2D eigenvalue weighted by Crippen LogP contribution is -2.35. The molecule has 1 N–H and O–H groups in total. The molecule has 0 aromatic heterocycles. The van der Waals surface area contributed by atoms with Crippen molar-refractivity contribution in [3.63, 3.8) is 0 Å². The summed E-state index contributed by atoms with van der Waals surface area (Å²) in [6.45, 7) is 2.46. The molecule has 0 heterocycles. The Bertz CT molecular complexity index is 1050. The third kappa shape index (κ3) is 6.59. The van der Waals surface area contributed by atoms with Gasteiger partial charge in [0, 0.05) is 18.1 Å². The van der Waals surface area contributed by atoms with Crippen molar-refractivity contribution in [3.05, 3.63) is 94.5 Å². The van der Waals surface area contributed by atoms with Gasteiger partial charge in [-0.2, -0.15) is 0 Å². The summed E-state index contributed by atoms with van der Waals surface area (Å²) < 4.78 is 5.96. The van der Waals surface area contributed by atoms with E-state index in [9.17, 15) is 9.59 Å². The number of aryl methyl sites for hydroxylation is 1.